The molecule has 5 rings (SSSR count). The van der Waals surface area contributed by atoms with E-state index in [1.54, 1.807) is 13.8 Å². The first-order valence-electron chi connectivity index (χ1n) is 10.8. The number of sulfonamides is 1. The summed E-state index contributed by atoms with van der Waals surface area (Å²) in [5.41, 5.74) is 4.24. The van der Waals surface area contributed by atoms with E-state index in [4.69, 9.17) is 5.73 Å². The fourth-order valence-corrected chi connectivity index (χ4v) is 7.74. The van der Waals surface area contributed by atoms with Crippen molar-refractivity contribution in [2.45, 2.75) is 68.8 Å². The maximum Gasteiger partial charge on any atom is 0.241 e. The quantitative estimate of drug-likeness (QED) is 0.588. The lowest BCUT2D eigenvalue weighted by Crippen LogP contribution is -2.62. The molecule has 31 heavy (non-hydrogen) atoms. The largest absolute Gasteiger partial charge is 0.369 e. The molecule has 2 unspecified atom stereocenters. The summed E-state index contributed by atoms with van der Waals surface area (Å²) in [6.45, 7) is 3.25. The first-order valence-corrected chi connectivity index (χ1v) is 12.3. The maximum absolute atomic E-state index is 13.4. The lowest BCUT2D eigenvalue weighted by molar-refractivity contribution is -0.147. The molecule has 4 aliphatic carbocycles. The van der Waals surface area contributed by atoms with Crippen LogP contribution in [0, 0.1) is 29.0 Å². The summed E-state index contributed by atoms with van der Waals surface area (Å²) in [5, 5.41) is 3.12. The minimum absolute atomic E-state index is 0.00727. The van der Waals surface area contributed by atoms with Crippen LogP contribution in [0.25, 0.3) is 0 Å². The number of rotatable bonds is 7. The van der Waals surface area contributed by atoms with Crippen LogP contribution >= 0.6 is 0 Å². The molecule has 2 atom stereocenters. The zero-order valence-electron chi connectivity index (χ0n) is 17.9. The molecule has 4 aliphatic rings. The topological polar surface area (TPSA) is 118 Å². The lowest BCUT2D eigenvalue weighted by Gasteiger charge is -2.58. The molecule has 0 aliphatic heterocycles. The third kappa shape index (κ3) is 4.35. The molecule has 4 saturated carbocycles. The van der Waals surface area contributed by atoms with E-state index in [2.05, 4.69) is 10.0 Å². The molecule has 170 valence electrons. The Hall–Kier alpha value is -2.00. The highest BCUT2D eigenvalue weighted by Crippen LogP contribution is 2.59. The van der Waals surface area contributed by atoms with Crippen molar-refractivity contribution in [2.24, 2.45) is 28.9 Å². The first kappa shape index (κ1) is 22.2. The minimum atomic E-state index is -3.97. The molecule has 0 heterocycles. The molecule has 4 bridgehead atoms. The zero-order chi connectivity index (χ0) is 22.6. The minimum Gasteiger partial charge on any atom is -0.369 e. The van der Waals surface area contributed by atoms with Crippen molar-refractivity contribution in [3.8, 4) is 0 Å². The Labute approximate surface area is 182 Å². The van der Waals surface area contributed by atoms with E-state index in [1.165, 1.54) is 18.2 Å². The van der Waals surface area contributed by atoms with E-state index in [0.717, 1.165) is 38.2 Å². The summed E-state index contributed by atoms with van der Waals surface area (Å²) in [6.07, 6.45) is 4.23. The third-order valence-corrected chi connectivity index (χ3v) is 8.94. The Morgan fingerprint density at radius 2 is 1.84 bits per heavy atom. The van der Waals surface area contributed by atoms with Crippen LogP contribution < -0.4 is 15.8 Å². The van der Waals surface area contributed by atoms with Gasteiger partial charge in [-0.1, -0.05) is 6.07 Å². The van der Waals surface area contributed by atoms with E-state index in [9.17, 15) is 22.4 Å². The average Bonchev–Trinajstić information content (AvgIpc) is 2.62. The molecule has 0 saturated heterocycles. The molecule has 1 aromatic rings. The molecule has 0 aromatic heterocycles. The van der Waals surface area contributed by atoms with Gasteiger partial charge in [0, 0.05) is 23.4 Å². The Morgan fingerprint density at radius 3 is 2.42 bits per heavy atom. The van der Waals surface area contributed by atoms with Gasteiger partial charge < -0.3 is 11.1 Å². The van der Waals surface area contributed by atoms with Gasteiger partial charge in [-0.15, -0.1) is 0 Å². The van der Waals surface area contributed by atoms with Crippen LogP contribution in [0.1, 0.15) is 52.4 Å². The average molecular weight is 452 g/mol. The molecular formula is C22H30FN3O4S. The predicted molar refractivity (Wildman–Crippen MR) is 113 cm³/mol. The van der Waals surface area contributed by atoms with Crippen molar-refractivity contribution in [3.63, 3.8) is 0 Å². The van der Waals surface area contributed by atoms with E-state index in [-0.39, 0.29) is 41.0 Å². The number of hydrogen-bond donors (Lipinski definition) is 3. The highest BCUT2D eigenvalue weighted by Gasteiger charge is 2.58. The molecule has 4 fully saturated rings. The summed E-state index contributed by atoms with van der Waals surface area (Å²) in [4.78, 5) is 24.7. The normalized spacial score (nSPS) is 32.1. The van der Waals surface area contributed by atoms with Crippen LogP contribution in [0.5, 0.6) is 0 Å². The van der Waals surface area contributed by atoms with Crippen LogP contribution in [-0.4, -0.2) is 31.8 Å². The number of nitrogens with two attached hydrogens (primary N) is 1. The SMILES string of the molecule is CC(C)(CC(=O)NC1C2CC3CC1CC(C(N)=O)(C3)C2)NS(=O)(=O)c1cccc(F)c1. The van der Waals surface area contributed by atoms with Gasteiger partial charge in [0.2, 0.25) is 21.8 Å². The van der Waals surface area contributed by atoms with Gasteiger partial charge in [-0.3, -0.25) is 9.59 Å². The lowest BCUT2D eigenvalue weighted by atomic mass is 9.47. The van der Waals surface area contributed by atoms with Gasteiger partial charge in [-0.25, -0.2) is 17.5 Å². The number of halogens is 1. The second-order valence-corrected chi connectivity index (χ2v) is 12.0. The van der Waals surface area contributed by atoms with Gasteiger partial charge in [-0.2, -0.15) is 0 Å². The first-order chi connectivity index (χ1) is 14.4. The van der Waals surface area contributed by atoms with Gasteiger partial charge in [0.05, 0.1) is 4.90 Å². The summed E-state index contributed by atoms with van der Waals surface area (Å²) >= 11 is 0. The van der Waals surface area contributed by atoms with E-state index < -0.39 is 26.8 Å². The molecule has 0 radical (unpaired) electrons. The number of benzene rings is 1. The maximum atomic E-state index is 13.4. The second kappa shape index (κ2) is 7.55. The summed E-state index contributed by atoms with van der Waals surface area (Å²) < 4.78 is 41.2. The van der Waals surface area contributed by atoms with Crippen molar-refractivity contribution in [3.05, 3.63) is 30.1 Å². The standard InChI is InChI=1S/C22H30FN3O4S/c1-21(2,26-31(29,30)17-5-3-4-16(23)8-17)12-18(27)25-19-14-6-13-7-15(19)11-22(9-13,10-14)20(24)28/h3-5,8,13-15,19,26H,6-7,9-12H2,1-2H3,(H2,24,28)(H,25,27). The number of carbonyl (C=O) groups is 2. The number of hydrogen-bond acceptors (Lipinski definition) is 4. The van der Waals surface area contributed by atoms with E-state index >= 15 is 0 Å². The number of carbonyl (C=O) groups excluding carboxylic acids is 2. The van der Waals surface area contributed by atoms with Crippen LogP contribution in [0.2, 0.25) is 0 Å². The van der Waals surface area contributed by atoms with Gasteiger partial charge in [0.1, 0.15) is 5.82 Å². The Bertz CT molecular complexity index is 994. The van der Waals surface area contributed by atoms with Crippen LogP contribution in [-0.2, 0) is 19.6 Å². The molecule has 7 nitrogen and oxygen atoms in total. The van der Waals surface area contributed by atoms with Gasteiger partial charge in [0.15, 0.2) is 0 Å². The Morgan fingerprint density at radius 1 is 1.19 bits per heavy atom. The van der Waals surface area contributed by atoms with Gasteiger partial charge in [0.25, 0.3) is 0 Å². The van der Waals surface area contributed by atoms with Crippen LogP contribution in [0.4, 0.5) is 4.39 Å². The van der Waals surface area contributed by atoms with Crippen molar-refractivity contribution in [1.29, 1.82) is 0 Å². The van der Waals surface area contributed by atoms with Crippen molar-refractivity contribution in [1.82, 2.24) is 10.0 Å². The van der Waals surface area contributed by atoms with Gasteiger partial charge >= 0.3 is 0 Å². The van der Waals surface area contributed by atoms with Crippen LogP contribution in [0.15, 0.2) is 29.2 Å². The molecule has 2 amide bonds. The van der Waals surface area contributed by atoms with Crippen molar-refractivity contribution < 1.29 is 22.4 Å². The van der Waals surface area contributed by atoms with E-state index in [1.807, 2.05) is 0 Å². The molecule has 1 aromatic carbocycles. The fraction of sp³-hybridized carbons (Fsp3) is 0.636. The molecule has 0 spiro atoms. The third-order valence-electron chi connectivity index (χ3n) is 7.24. The summed E-state index contributed by atoms with van der Waals surface area (Å²) in [5.74, 6) is -0.145. The fourth-order valence-electron chi connectivity index (χ4n) is 6.29. The monoisotopic (exact) mass is 451 g/mol. The second-order valence-electron chi connectivity index (χ2n) is 10.3. The zero-order valence-corrected chi connectivity index (χ0v) is 18.7. The molecule has 9 heteroatoms. The highest BCUT2D eigenvalue weighted by molar-refractivity contribution is 7.89. The summed E-state index contributed by atoms with van der Waals surface area (Å²) in [6, 6.07) is 4.75. The number of primary amides is 1. The highest BCUT2D eigenvalue weighted by atomic mass is 32.2. The van der Waals surface area contributed by atoms with Crippen molar-refractivity contribution >= 4 is 21.8 Å². The summed E-state index contributed by atoms with van der Waals surface area (Å²) in [7, 11) is -3.97. The smallest absolute Gasteiger partial charge is 0.241 e. The number of nitrogens with one attached hydrogen (secondary N) is 2. The number of amides is 2. The molecular weight excluding hydrogens is 421 g/mol. The molecule has 4 N–H and O–H groups in total. The van der Waals surface area contributed by atoms with Crippen molar-refractivity contribution in [2.75, 3.05) is 0 Å². The Balaban J connectivity index is 1.40. The van der Waals surface area contributed by atoms with Crippen LogP contribution in [0.3, 0.4) is 0 Å². The predicted octanol–water partition coefficient (Wildman–Crippen LogP) is 2.07. The van der Waals surface area contributed by atoms with Gasteiger partial charge in [-0.05, 0) is 81.9 Å². The van der Waals surface area contributed by atoms with E-state index in [0.29, 0.717) is 5.92 Å². The Kier molecular flexibility index (Phi) is 5.41.